The molecule has 0 aromatic heterocycles. The molecule has 0 heterocycles. The molecular weight excluding hydrogens is 263 g/mol. The summed E-state index contributed by atoms with van der Waals surface area (Å²) in [5.41, 5.74) is 8.38. The van der Waals surface area contributed by atoms with Crippen LogP contribution in [-0.4, -0.2) is 13.1 Å². The Hall–Kier alpha value is -1.87. The molecule has 3 heteroatoms. The van der Waals surface area contributed by atoms with E-state index in [0.29, 0.717) is 18.5 Å². The molecule has 0 radical (unpaired) electrons. The maximum Gasteiger partial charge on any atom is 0.128 e. The van der Waals surface area contributed by atoms with Crippen molar-refractivity contribution in [3.8, 4) is 0 Å². The van der Waals surface area contributed by atoms with E-state index in [9.17, 15) is 4.39 Å². The van der Waals surface area contributed by atoms with Crippen molar-refractivity contribution in [2.45, 2.75) is 26.2 Å². The molecule has 0 unspecified atom stereocenters. The van der Waals surface area contributed by atoms with Crippen molar-refractivity contribution in [1.29, 1.82) is 0 Å². The fourth-order valence-corrected chi connectivity index (χ4v) is 2.50. The lowest BCUT2D eigenvalue weighted by atomic mass is 10.1. The topological polar surface area (TPSA) is 29.3 Å². The summed E-state index contributed by atoms with van der Waals surface area (Å²) in [5, 5.41) is 0. The number of unbranched alkanes of at least 4 members (excludes halogenated alkanes) is 1. The normalized spacial score (nSPS) is 10.6. The third-order valence-corrected chi connectivity index (χ3v) is 3.58. The number of anilines is 2. The smallest absolute Gasteiger partial charge is 0.128 e. The molecule has 0 spiro atoms. The molecule has 0 amide bonds. The van der Waals surface area contributed by atoms with Crippen molar-refractivity contribution in [2.24, 2.45) is 5.73 Å². The van der Waals surface area contributed by atoms with Crippen LogP contribution >= 0.6 is 0 Å². The summed E-state index contributed by atoms with van der Waals surface area (Å²) in [6, 6.07) is 15.4. The van der Waals surface area contributed by atoms with Gasteiger partial charge >= 0.3 is 0 Å². The number of rotatable bonds is 7. The van der Waals surface area contributed by atoms with Crippen LogP contribution in [-0.2, 0) is 6.42 Å². The summed E-state index contributed by atoms with van der Waals surface area (Å²) >= 11 is 0. The second-order valence-electron chi connectivity index (χ2n) is 5.12. The van der Waals surface area contributed by atoms with E-state index in [4.69, 9.17) is 5.73 Å². The first-order chi connectivity index (χ1) is 10.3. The zero-order chi connectivity index (χ0) is 15.1. The summed E-state index contributed by atoms with van der Waals surface area (Å²) in [6.45, 7) is 3.49. The van der Waals surface area contributed by atoms with E-state index in [1.165, 1.54) is 6.07 Å². The van der Waals surface area contributed by atoms with Crippen LogP contribution in [0.5, 0.6) is 0 Å². The van der Waals surface area contributed by atoms with Gasteiger partial charge in [0.1, 0.15) is 5.82 Å². The predicted molar refractivity (Wildman–Crippen MR) is 87.5 cm³/mol. The predicted octanol–water partition coefficient (Wildman–Crippen LogP) is 4.27. The average molecular weight is 286 g/mol. The highest BCUT2D eigenvalue weighted by atomic mass is 19.1. The summed E-state index contributed by atoms with van der Waals surface area (Å²) in [5.74, 6) is -0.171. The molecule has 112 valence electrons. The molecule has 2 aromatic carbocycles. The second-order valence-corrected chi connectivity index (χ2v) is 5.12. The fourth-order valence-electron chi connectivity index (χ4n) is 2.50. The van der Waals surface area contributed by atoms with Gasteiger partial charge in [-0.2, -0.15) is 0 Å². The molecule has 2 rings (SSSR count). The SMILES string of the molecule is CCCCN(c1ccccc1)c1cccc(F)c1CCN. The third kappa shape index (κ3) is 3.82. The van der Waals surface area contributed by atoms with E-state index in [1.54, 1.807) is 6.07 Å². The lowest BCUT2D eigenvalue weighted by Crippen LogP contribution is -2.21. The lowest BCUT2D eigenvalue weighted by molar-refractivity contribution is 0.608. The fraction of sp³-hybridized carbons (Fsp3) is 0.333. The highest BCUT2D eigenvalue weighted by Crippen LogP contribution is 2.30. The van der Waals surface area contributed by atoms with Crippen LogP contribution in [0, 0.1) is 5.82 Å². The van der Waals surface area contributed by atoms with Crippen molar-refractivity contribution in [2.75, 3.05) is 18.0 Å². The van der Waals surface area contributed by atoms with Crippen LogP contribution in [0.25, 0.3) is 0 Å². The van der Waals surface area contributed by atoms with E-state index in [1.807, 2.05) is 24.3 Å². The van der Waals surface area contributed by atoms with E-state index in [2.05, 4.69) is 24.0 Å². The van der Waals surface area contributed by atoms with Gasteiger partial charge in [0.15, 0.2) is 0 Å². The summed E-state index contributed by atoms with van der Waals surface area (Å²) in [7, 11) is 0. The van der Waals surface area contributed by atoms with Gasteiger partial charge in [0.05, 0.1) is 0 Å². The molecule has 0 saturated carbocycles. The van der Waals surface area contributed by atoms with Crippen LogP contribution in [0.2, 0.25) is 0 Å². The zero-order valence-corrected chi connectivity index (χ0v) is 12.6. The first kappa shape index (κ1) is 15.5. The first-order valence-corrected chi connectivity index (χ1v) is 7.58. The van der Waals surface area contributed by atoms with Gasteiger partial charge in [-0.1, -0.05) is 37.6 Å². The molecule has 0 bridgehead atoms. The van der Waals surface area contributed by atoms with E-state index in [-0.39, 0.29) is 5.82 Å². The van der Waals surface area contributed by atoms with Gasteiger partial charge in [-0.15, -0.1) is 0 Å². The Morgan fingerprint density at radius 3 is 2.48 bits per heavy atom. The van der Waals surface area contributed by atoms with Crippen LogP contribution in [0.15, 0.2) is 48.5 Å². The van der Waals surface area contributed by atoms with Crippen molar-refractivity contribution in [1.82, 2.24) is 0 Å². The number of para-hydroxylation sites is 1. The Kier molecular flexibility index (Phi) is 5.76. The van der Waals surface area contributed by atoms with E-state index < -0.39 is 0 Å². The maximum absolute atomic E-state index is 14.2. The van der Waals surface area contributed by atoms with E-state index in [0.717, 1.165) is 30.8 Å². The molecular formula is C18H23FN2. The minimum absolute atomic E-state index is 0.171. The number of nitrogens with two attached hydrogens (primary N) is 1. The molecule has 21 heavy (non-hydrogen) atoms. The standard InChI is InChI=1S/C18H23FN2/c1-2-3-14-21(15-8-5-4-6-9-15)18-11-7-10-17(19)16(18)12-13-20/h4-11H,2-3,12-14,20H2,1H3. The summed E-state index contributed by atoms with van der Waals surface area (Å²) in [6.07, 6.45) is 2.72. The second kappa shape index (κ2) is 7.79. The molecule has 0 atom stereocenters. The molecule has 0 saturated heterocycles. The molecule has 2 N–H and O–H groups in total. The van der Waals surface area contributed by atoms with E-state index >= 15 is 0 Å². The van der Waals surface area contributed by atoms with Crippen LogP contribution < -0.4 is 10.6 Å². The Bertz CT molecular complexity index is 554. The van der Waals surface area contributed by atoms with Gasteiger partial charge in [0.2, 0.25) is 0 Å². The number of benzene rings is 2. The zero-order valence-electron chi connectivity index (χ0n) is 12.6. The molecule has 2 nitrogen and oxygen atoms in total. The van der Waals surface area contributed by atoms with Crippen molar-refractivity contribution < 1.29 is 4.39 Å². The minimum Gasteiger partial charge on any atom is -0.341 e. The largest absolute Gasteiger partial charge is 0.341 e. The van der Waals surface area contributed by atoms with Crippen LogP contribution in [0.4, 0.5) is 15.8 Å². The van der Waals surface area contributed by atoms with Crippen molar-refractivity contribution in [3.05, 3.63) is 59.9 Å². The van der Waals surface area contributed by atoms with Gasteiger partial charge in [-0.25, -0.2) is 4.39 Å². The lowest BCUT2D eigenvalue weighted by Gasteiger charge is -2.27. The number of hydrogen-bond acceptors (Lipinski definition) is 2. The van der Waals surface area contributed by atoms with Gasteiger partial charge in [0, 0.05) is 23.5 Å². The van der Waals surface area contributed by atoms with Gasteiger partial charge in [-0.3, -0.25) is 0 Å². The molecule has 2 aromatic rings. The molecule has 0 fully saturated rings. The van der Waals surface area contributed by atoms with Crippen LogP contribution in [0.1, 0.15) is 25.3 Å². The van der Waals surface area contributed by atoms with Crippen molar-refractivity contribution >= 4 is 11.4 Å². The number of nitrogens with zero attached hydrogens (tertiary/aromatic N) is 1. The first-order valence-electron chi connectivity index (χ1n) is 7.58. The Balaban J connectivity index is 2.43. The highest BCUT2D eigenvalue weighted by Gasteiger charge is 2.15. The average Bonchev–Trinajstić information content (AvgIpc) is 2.52. The highest BCUT2D eigenvalue weighted by molar-refractivity contribution is 5.66. The Morgan fingerprint density at radius 2 is 1.81 bits per heavy atom. The van der Waals surface area contributed by atoms with Gasteiger partial charge < -0.3 is 10.6 Å². The number of halogens is 1. The molecule has 0 aliphatic carbocycles. The Morgan fingerprint density at radius 1 is 1.05 bits per heavy atom. The minimum atomic E-state index is -0.171. The summed E-state index contributed by atoms with van der Waals surface area (Å²) in [4.78, 5) is 2.19. The monoisotopic (exact) mass is 286 g/mol. The quantitative estimate of drug-likeness (QED) is 0.823. The maximum atomic E-state index is 14.2. The molecule has 0 aliphatic rings. The Labute approximate surface area is 126 Å². The van der Waals surface area contributed by atoms with Crippen LogP contribution in [0.3, 0.4) is 0 Å². The summed E-state index contributed by atoms with van der Waals surface area (Å²) < 4.78 is 14.2. The van der Waals surface area contributed by atoms with Gasteiger partial charge in [0.25, 0.3) is 0 Å². The van der Waals surface area contributed by atoms with Crippen molar-refractivity contribution in [3.63, 3.8) is 0 Å². The molecule has 0 aliphatic heterocycles. The number of hydrogen-bond donors (Lipinski definition) is 1. The van der Waals surface area contributed by atoms with Gasteiger partial charge in [-0.05, 0) is 43.7 Å². The third-order valence-electron chi connectivity index (χ3n) is 3.58.